The van der Waals surface area contributed by atoms with Crippen LogP contribution < -0.4 is 15.6 Å². The number of rotatable bonds is 2. The first-order valence-corrected chi connectivity index (χ1v) is 9.27. The minimum atomic E-state index is -0.580. The van der Waals surface area contributed by atoms with Gasteiger partial charge in [0.25, 0.3) is 0 Å². The molecule has 8 heteroatoms. The van der Waals surface area contributed by atoms with Crippen LogP contribution in [0.25, 0.3) is 22.0 Å². The number of anilines is 1. The predicted octanol–water partition coefficient (Wildman–Crippen LogP) is 3.91. The van der Waals surface area contributed by atoms with Crippen LogP contribution >= 0.6 is 23.2 Å². The Labute approximate surface area is 163 Å². The Morgan fingerprint density at radius 2 is 2.00 bits per heavy atom. The summed E-state index contributed by atoms with van der Waals surface area (Å²) < 4.78 is 5.69. The molecule has 6 nitrogen and oxygen atoms in total. The maximum atomic E-state index is 13.1. The summed E-state index contributed by atoms with van der Waals surface area (Å²) in [5.74, 6) is 0. The molecule has 1 aliphatic rings. The minimum absolute atomic E-state index is 0.118. The highest BCUT2D eigenvalue weighted by molar-refractivity contribution is 6.25. The number of benzene rings is 2. The van der Waals surface area contributed by atoms with Crippen molar-refractivity contribution in [3.8, 4) is 0 Å². The van der Waals surface area contributed by atoms with Crippen molar-refractivity contribution in [2.45, 2.75) is 17.2 Å². The van der Waals surface area contributed by atoms with Crippen LogP contribution in [0.15, 0.2) is 64.3 Å². The average Bonchev–Trinajstić information content (AvgIpc) is 3.25. The highest BCUT2D eigenvalue weighted by Gasteiger charge is 2.42. The van der Waals surface area contributed by atoms with E-state index in [1.54, 1.807) is 18.5 Å². The molecule has 0 spiro atoms. The molecular formula is C19H14Cl2N4O2. The van der Waals surface area contributed by atoms with E-state index < -0.39 is 17.2 Å². The van der Waals surface area contributed by atoms with Gasteiger partial charge in [0.15, 0.2) is 11.1 Å². The highest BCUT2D eigenvalue weighted by Crippen LogP contribution is 2.39. The third kappa shape index (κ3) is 2.60. The lowest BCUT2D eigenvalue weighted by atomic mass is 10.1. The number of nitrogens with one attached hydrogen (secondary N) is 2. The first kappa shape index (κ1) is 16.6. The SMILES string of the molecule is O=c1c(C2C(Cl)NC(Cl)N2c2ccc3nc[nH]c3c2)coc2ccccc12. The molecule has 2 aromatic heterocycles. The minimum Gasteiger partial charge on any atom is -0.464 e. The summed E-state index contributed by atoms with van der Waals surface area (Å²) in [4.78, 5) is 22.3. The van der Waals surface area contributed by atoms with Gasteiger partial charge in [-0.25, -0.2) is 4.98 Å². The molecule has 3 unspecified atom stereocenters. The Hall–Kier alpha value is -2.54. The molecule has 0 bridgehead atoms. The van der Waals surface area contributed by atoms with Crippen molar-refractivity contribution in [1.29, 1.82) is 0 Å². The molecule has 1 fully saturated rings. The van der Waals surface area contributed by atoms with Crippen molar-refractivity contribution in [3.05, 3.63) is 70.8 Å². The monoisotopic (exact) mass is 400 g/mol. The fourth-order valence-corrected chi connectivity index (χ4v) is 4.38. The lowest BCUT2D eigenvalue weighted by Crippen LogP contribution is -2.33. The topological polar surface area (TPSA) is 74.2 Å². The Morgan fingerprint density at radius 3 is 2.89 bits per heavy atom. The summed E-state index contributed by atoms with van der Waals surface area (Å²) >= 11 is 13.1. The van der Waals surface area contributed by atoms with Crippen molar-refractivity contribution < 1.29 is 4.42 Å². The number of aromatic amines is 1. The molecule has 0 aliphatic carbocycles. The number of H-pyrrole nitrogens is 1. The molecule has 136 valence electrons. The van der Waals surface area contributed by atoms with Crippen LogP contribution in [0, 0.1) is 0 Å². The second-order valence-electron chi connectivity index (χ2n) is 6.38. The molecule has 3 heterocycles. The van der Waals surface area contributed by atoms with E-state index in [0.29, 0.717) is 16.5 Å². The summed E-state index contributed by atoms with van der Waals surface area (Å²) in [6, 6.07) is 12.4. The number of fused-ring (bicyclic) bond motifs is 2. The van der Waals surface area contributed by atoms with E-state index in [4.69, 9.17) is 27.6 Å². The molecule has 27 heavy (non-hydrogen) atoms. The van der Waals surface area contributed by atoms with Gasteiger partial charge in [-0.05, 0) is 30.3 Å². The third-order valence-corrected chi connectivity index (χ3v) is 5.55. The van der Waals surface area contributed by atoms with E-state index in [9.17, 15) is 4.79 Å². The van der Waals surface area contributed by atoms with Crippen LogP contribution in [0.1, 0.15) is 11.6 Å². The summed E-state index contributed by atoms with van der Waals surface area (Å²) in [6.45, 7) is 0. The molecule has 4 aromatic rings. The number of para-hydroxylation sites is 1. The molecule has 2 N–H and O–H groups in total. The molecule has 2 aromatic carbocycles. The fraction of sp³-hybridized carbons (Fsp3) is 0.158. The zero-order valence-electron chi connectivity index (χ0n) is 13.9. The lowest BCUT2D eigenvalue weighted by Gasteiger charge is -2.28. The Kier molecular flexibility index (Phi) is 3.86. The van der Waals surface area contributed by atoms with Crippen LogP contribution in [-0.2, 0) is 0 Å². The molecule has 1 saturated heterocycles. The van der Waals surface area contributed by atoms with Gasteiger partial charge in [-0.1, -0.05) is 23.7 Å². The first-order chi connectivity index (χ1) is 13.1. The number of alkyl halides is 2. The Balaban J connectivity index is 1.67. The van der Waals surface area contributed by atoms with Crippen molar-refractivity contribution in [3.63, 3.8) is 0 Å². The molecule has 5 rings (SSSR count). The summed E-state index contributed by atoms with van der Waals surface area (Å²) in [5.41, 5.74) is 2.27. The van der Waals surface area contributed by atoms with E-state index >= 15 is 0 Å². The Morgan fingerprint density at radius 1 is 1.15 bits per heavy atom. The van der Waals surface area contributed by atoms with Crippen LogP contribution in [-0.4, -0.2) is 21.1 Å². The number of nitrogens with zero attached hydrogens (tertiary/aromatic N) is 2. The molecular weight excluding hydrogens is 387 g/mol. The smallest absolute Gasteiger partial charge is 0.198 e. The molecule has 0 radical (unpaired) electrons. The largest absolute Gasteiger partial charge is 0.464 e. The summed E-state index contributed by atoms with van der Waals surface area (Å²) in [5, 5.41) is 3.60. The molecule has 0 amide bonds. The molecule has 0 saturated carbocycles. The zero-order chi connectivity index (χ0) is 18.5. The maximum Gasteiger partial charge on any atom is 0.198 e. The quantitative estimate of drug-likeness (QED) is 0.394. The molecule has 1 aliphatic heterocycles. The second-order valence-corrected chi connectivity index (χ2v) is 7.26. The van der Waals surface area contributed by atoms with Crippen molar-refractivity contribution in [2.75, 3.05) is 4.90 Å². The predicted molar refractivity (Wildman–Crippen MR) is 106 cm³/mol. The second kappa shape index (κ2) is 6.27. The van der Waals surface area contributed by atoms with E-state index in [1.165, 1.54) is 6.26 Å². The van der Waals surface area contributed by atoms with Gasteiger partial charge in [0.1, 0.15) is 17.3 Å². The standard InChI is InChI=1S/C19H14Cl2N4O2/c20-18-16(12-8-27-15-4-2-1-3-11(15)17(12)26)25(19(21)24-18)10-5-6-13-14(7-10)23-9-22-13/h1-9,16,18-19,24H,(H,22,23). The van der Waals surface area contributed by atoms with Crippen LogP contribution in [0.5, 0.6) is 0 Å². The fourth-order valence-electron chi connectivity index (χ4n) is 3.56. The number of hydrogen-bond acceptors (Lipinski definition) is 5. The van der Waals surface area contributed by atoms with Gasteiger partial charge in [-0.2, -0.15) is 0 Å². The normalized spacial score (nSPS) is 22.7. The van der Waals surface area contributed by atoms with Crippen LogP contribution in [0.2, 0.25) is 0 Å². The lowest BCUT2D eigenvalue weighted by molar-refractivity contribution is 0.574. The van der Waals surface area contributed by atoms with E-state index in [0.717, 1.165) is 16.7 Å². The van der Waals surface area contributed by atoms with Crippen LogP contribution in [0.4, 0.5) is 5.69 Å². The highest BCUT2D eigenvalue weighted by atomic mass is 35.5. The summed E-state index contributed by atoms with van der Waals surface area (Å²) in [7, 11) is 0. The number of aromatic nitrogens is 2. The number of halogens is 2. The Bertz CT molecular complexity index is 1200. The van der Waals surface area contributed by atoms with Crippen molar-refractivity contribution >= 4 is 50.9 Å². The van der Waals surface area contributed by atoms with Gasteiger partial charge in [0.2, 0.25) is 0 Å². The van der Waals surface area contributed by atoms with E-state index in [1.807, 2.05) is 35.2 Å². The molecule has 3 atom stereocenters. The zero-order valence-corrected chi connectivity index (χ0v) is 15.4. The summed E-state index contributed by atoms with van der Waals surface area (Å²) in [6.07, 6.45) is 3.11. The number of hydrogen-bond donors (Lipinski definition) is 2. The van der Waals surface area contributed by atoms with Gasteiger partial charge in [-0.15, -0.1) is 11.6 Å². The van der Waals surface area contributed by atoms with Crippen molar-refractivity contribution in [1.82, 2.24) is 15.3 Å². The van der Waals surface area contributed by atoms with Gasteiger partial charge < -0.3 is 14.3 Å². The first-order valence-electron chi connectivity index (χ1n) is 8.39. The van der Waals surface area contributed by atoms with E-state index in [-0.39, 0.29) is 5.43 Å². The van der Waals surface area contributed by atoms with Crippen molar-refractivity contribution in [2.24, 2.45) is 0 Å². The average molecular weight is 401 g/mol. The van der Waals surface area contributed by atoms with Gasteiger partial charge in [0.05, 0.1) is 34.4 Å². The van der Waals surface area contributed by atoms with E-state index in [2.05, 4.69) is 15.3 Å². The third-order valence-electron chi connectivity index (χ3n) is 4.85. The number of imidazole rings is 1. The van der Waals surface area contributed by atoms with Gasteiger partial charge >= 0.3 is 0 Å². The van der Waals surface area contributed by atoms with Gasteiger partial charge in [0, 0.05) is 5.69 Å². The van der Waals surface area contributed by atoms with Gasteiger partial charge in [-0.3, -0.25) is 10.1 Å². The van der Waals surface area contributed by atoms with Crippen LogP contribution in [0.3, 0.4) is 0 Å². The maximum absolute atomic E-state index is 13.1.